The van der Waals surface area contributed by atoms with Crippen LogP contribution in [-0.4, -0.2) is 21.2 Å². The van der Waals surface area contributed by atoms with Gasteiger partial charge >= 0.3 is 9.28 Å². The van der Waals surface area contributed by atoms with Crippen LogP contribution in [0.15, 0.2) is 0 Å². The summed E-state index contributed by atoms with van der Waals surface area (Å²) >= 11 is 0. The first-order chi connectivity index (χ1) is 5.97. The molecule has 0 rings (SSSR count). The average Bonchev–Trinajstić information content (AvgIpc) is 2.00. The third kappa shape index (κ3) is 5.40. The minimum Gasteiger partial charge on any atom is -0.487 e. The molecule has 0 spiro atoms. The van der Waals surface area contributed by atoms with Crippen LogP contribution < -0.4 is 0 Å². The second-order valence-corrected chi connectivity index (χ2v) is 5.32. The van der Waals surface area contributed by atoms with Crippen molar-refractivity contribution in [3.63, 3.8) is 0 Å². The van der Waals surface area contributed by atoms with Gasteiger partial charge in [0.1, 0.15) is 0 Å². The molecule has 0 aromatic carbocycles. The van der Waals surface area contributed by atoms with E-state index in [-0.39, 0.29) is 17.5 Å². The first kappa shape index (κ1) is 12.2. The van der Waals surface area contributed by atoms with E-state index >= 15 is 0 Å². The zero-order chi connectivity index (χ0) is 10.4. The fourth-order valence-electron chi connectivity index (χ4n) is 0.776. The first-order valence-corrected chi connectivity index (χ1v) is 5.92. The molecular formula is C8H16O4Si. The Morgan fingerprint density at radius 2 is 1.62 bits per heavy atom. The minimum absolute atomic E-state index is 0.160. The van der Waals surface area contributed by atoms with Crippen LogP contribution >= 0.6 is 0 Å². The van der Waals surface area contributed by atoms with Gasteiger partial charge in [0.05, 0.1) is 0 Å². The summed E-state index contributed by atoms with van der Waals surface area (Å²) in [4.78, 5) is 21.4. The van der Waals surface area contributed by atoms with E-state index < -0.39 is 9.28 Å². The van der Waals surface area contributed by atoms with Crippen LogP contribution in [-0.2, 0) is 18.4 Å². The highest BCUT2D eigenvalue weighted by Crippen LogP contribution is 2.15. The van der Waals surface area contributed by atoms with Gasteiger partial charge in [-0.05, 0) is 6.42 Å². The Balaban J connectivity index is 4.17. The van der Waals surface area contributed by atoms with Gasteiger partial charge in [-0.1, -0.05) is 13.8 Å². The van der Waals surface area contributed by atoms with Crippen molar-refractivity contribution in [1.29, 1.82) is 0 Å². The fraction of sp³-hybridized carbons (Fsp3) is 0.750. The highest BCUT2D eigenvalue weighted by Gasteiger charge is 2.26. The zero-order valence-electron chi connectivity index (χ0n) is 8.49. The summed E-state index contributed by atoms with van der Waals surface area (Å²) in [5, 5.41) is 0. The van der Waals surface area contributed by atoms with Crippen LogP contribution in [0.4, 0.5) is 0 Å². The molecule has 1 unspecified atom stereocenters. The zero-order valence-corrected chi connectivity index (χ0v) is 9.65. The topological polar surface area (TPSA) is 52.6 Å². The number of carbonyl (C=O) groups excluding carboxylic acids is 2. The maximum absolute atomic E-state index is 10.7. The molecule has 4 nitrogen and oxygen atoms in total. The van der Waals surface area contributed by atoms with Gasteiger partial charge in [-0.2, -0.15) is 0 Å². The molecule has 76 valence electrons. The van der Waals surface area contributed by atoms with Crippen molar-refractivity contribution < 1.29 is 18.4 Å². The second kappa shape index (κ2) is 5.74. The maximum Gasteiger partial charge on any atom is 0.450 e. The van der Waals surface area contributed by atoms with E-state index in [2.05, 4.69) is 0 Å². The molecule has 0 heterocycles. The van der Waals surface area contributed by atoms with Crippen LogP contribution in [0.5, 0.6) is 0 Å². The maximum atomic E-state index is 10.7. The number of carbonyl (C=O) groups is 2. The molecule has 0 aliphatic rings. The van der Waals surface area contributed by atoms with E-state index in [4.69, 9.17) is 8.85 Å². The molecule has 0 aliphatic carbocycles. The van der Waals surface area contributed by atoms with E-state index in [0.717, 1.165) is 6.42 Å². The van der Waals surface area contributed by atoms with Crippen molar-refractivity contribution in [3.05, 3.63) is 0 Å². The molecule has 0 aromatic rings. The molecule has 0 fully saturated rings. The quantitative estimate of drug-likeness (QED) is 0.644. The van der Waals surface area contributed by atoms with E-state index in [1.807, 2.05) is 13.8 Å². The lowest BCUT2D eigenvalue weighted by Crippen LogP contribution is -2.31. The molecule has 0 saturated heterocycles. The predicted molar refractivity (Wildman–Crippen MR) is 50.4 cm³/mol. The summed E-state index contributed by atoms with van der Waals surface area (Å²) < 4.78 is 9.94. The Labute approximate surface area is 80.1 Å². The monoisotopic (exact) mass is 204 g/mol. The standard InChI is InChI=1S/C8H16O4Si/c1-5-6(2)13(11-7(3)9)12-8(4)10/h6,13H,5H2,1-4H3. The molecule has 0 aromatic heterocycles. The lowest BCUT2D eigenvalue weighted by molar-refractivity contribution is -0.137. The smallest absolute Gasteiger partial charge is 0.450 e. The Bertz CT molecular complexity index is 177. The Kier molecular flexibility index (Phi) is 5.37. The summed E-state index contributed by atoms with van der Waals surface area (Å²) in [5.74, 6) is -0.753. The molecule has 0 saturated carbocycles. The lowest BCUT2D eigenvalue weighted by Gasteiger charge is -2.19. The molecule has 0 aliphatic heterocycles. The minimum atomic E-state index is -2.14. The molecule has 0 amide bonds. The van der Waals surface area contributed by atoms with Gasteiger partial charge in [0, 0.05) is 19.4 Å². The number of hydrogen-bond acceptors (Lipinski definition) is 4. The molecular weight excluding hydrogens is 188 g/mol. The summed E-state index contributed by atoms with van der Waals surface area (Å²) in [5.41, 5.74) is 0.160. The summed E-state index contributed by atoms with van der Waals surface area (Å²) in [6.07, 6.45) is 0.845. The van der Waals surface area contributed by atoms with Gasteiger partial charge in [0.2, 0.25) is 0 Å². The van der Waals surface area contributed by atoms with E-state index in [9.17, 15) is 9.59 Å². The largest absolute Gasteiger partial charge is 0.487 e. The van der Waals surface area contributed by atoms with Crippen molar-refractivity contribution in [2.45, 2.75) is 39.7 Å². The van der Waals surface area contributed by atoms with Gasteiger partial charge in [0.25, 0.3) is 11.9 Å². The van der Waals surface area contributed by atoms with Crippen molar-refractivity contribution in [2.75, 3.05) is 0 Å². The van der Waals surface area contributed by atoms with Crippen LogP contribution in [0.1, 0.15) is 34.1 Å². The van der Waals surface area contributed by atoms with E-state index in [1.54, 1.807) is 0 Å². The molecule has 5 heteroatoms. The highest BCUT2D eigenvalue weighted by molar-refractivity contribution is 6.50. The first-order valence-electron chi connectivity index (χ1n) is 4.31. The van der Waals surface area contributed by atoms with E-state index in [1.165, 1.54) is 13.8 Å². The van der Waals surface area contributed by atoms with Gasteiger partial charge in [-0.3, -0.25) is 9.59 Å². The fourth-order valence-corrected chi connectivity index (χ4v) is 2.33. The summed E-state index contributed by atoms with van der Waals surface area (Å²) in [6, 6.07) is 0. The Morgan fingerprint density at radius 1 is 1.23 bits per heavy atom. The SMILES string of the molecule is CCC(C)[SiH](OC(C)=O)OC(C)=O. The predicted octanol–water partition coefficient (Wildman–Crippen LogP) is 1.13. The highest BCUT2D eigenvalue weighted by atomic mass is 28.3. The number of hydrogen-bond donors (Lipinski definition) is 0. The third-order valence-corrected chi connectivity index (χ3v) is 4.20. The molecule has 13 heavy (non-hydrogen) atoms. The Hall–Kier alpha value is -0.843. The average molecular weight is 204 g/mol. The lowest BCUT2D eigenvalue weighted by atomic mass is 10.4. The molecule has 0 radical (unpaired) electrons. The second-order valence-electron chi connectivity index (χ2n) is 2.97. The van der Waals surface area contributed by atoms with Crippen LogP contribution in [0.25, 0.3) is 0 Å². The van der Waals surface area contributed by atoms with Crippen molar-refractivity contribution in [2.24, 2.45) is 0 Å². The van der Waals surface area contributed by atoms with Crippen LogP contribution in [0.3, 0.4) is 0 Å². The van der Waals surface area contributed by atoms with Gasteiger partial charge in [-0.25, -0.2) is 0 Å². The van der Waals surface area contributed by atoms with Crippen LogP contribution in [0.2, 0.25) is 5.54 Å². The summed E-state index contributed by atoms with van der Waals surface area (Å²) in [7, 11) is -2.14. The van der Waals surface area contributed by atoms with Gasteiger partial charge < -0.3 is 8.85 Å². The molecule has 0 N–H and O–H groups in total. The van der Waals surface area contributed by atoms with Crippen LogP contribution in [0, 0.1) is 0 Å². The van der Waals surface area contributed by atoms with Crippen molar-refractivity contribution >= 4 is 21.2 Å². The van der Waals surface area contributed by atoms with Gasteiger partial charge in [0.15, 0.2) is 0 Å². The Morgan fingerprint density at radius 3 is 1.85 bits per heavy atom. The van der Waals surface area contributed by atoms with E-state index in [0.29, 0.717) is 0 Å². The van der Waals surface area contributed by atoms with Gasteiger partial charge in [-0.15, -0.1) is 0 Å². The summed E-state index contributed by atoms with van der Waals surface area (Å²) in [6.45, 7) is 6.54. The number of rotatable bonds is 4. The normalized spacial score (nSPS) is 12.4. The van der Waals surface area contributed by atoms with Crippen molar-refractivity contribution in [1.82, 2.24) is 0 Å². The molecule has 0 bridgehead atoms. The third-order valence-electron chi connectivity index (χ3n) is 1.67. The molecule has 1 atom stereocenters. The van der Waals surface area contributed by atoms with Crippen molar-refractivity contribution in [3.8, 4) is 0 Å².